The zero-order valence-corrected chi connectivity index (χ0v) is 7.42. The molecule has 0 aliphatic carbocycles. The molecule has 0 radical (unpaired) electrons. The number of aromatic hydroxyl groups is 1. The molecule has 1 rings (SSSR count). The summed E-state index contributed by atoms with van der Waals surface area (Å²) in [6.45, 7) is 4.31. The number of hydrogen-bond donors (Lipinski definition) is 2. The van der Waals surface area contributed by atoms with Gasteiger partial charge in [-0.2, -0.15) is 0 Å². The van der Waals surface area contributed by atoms with Gasteiger partial charge in [-0.15, -0.1) is 0 Å². The van der Waals surface area contributed by atoms with Gasteiger partial charge >= 0.3 is 5.69 Å². The van der Waals surface area contributed by atoms with E-state index >= 15 is 0 Å². The summed E-state index contributed by atoms with van der Waals surface area (Å²) in [7, 11) is 0. The van der Waals surface area contributed by atoms with Crippen molar-refractivity contribution in [3.63, 3.8) is 0 Å². The van der Waals surface area contributed by atoms with Gasteiger partial charge in [-0.05, 0) is 13.3 Å². The molecule has 0 saturated heterocycles. The van der Waals surface area contributed by atoms with E-state index in [1.54, 1.807) is 6.92 Å². The van der Waals surface area contributed by atoms with E-state index in [2.05, 4.69) is 4.98 Å². The number of nitrogens with one attached hydrogen (secondary N) is 1. The molecule has 0 aromatic carbocycles. The number of aromatic amines is 1. The van der Waals surface area contributed by atoms with Crippen LogP contribution in [0.25, 0.3) is 0 Å². The lowest BCUT2D eigenvalue weighted by atomic mass is 10.3. The highest BCUT2D eigenvalue weighted by Crippen LogP contribution is 2.10. The maximum Gasteiger partial charge on any atom is 0.328 e. The van der Waals surface area contributed by atoms with Gasteiger partial charge in [-0.1, -0.05) is 13.3 Å². The number of aromatic nitrogens is 2. The van der Waals surface area contributed by atoms with Gasteiger partial charge in [-0.3, -0.25) is 4.57 Å². The Balaban J connectivity index is 2.90. The maximum absolute atomic E-state index is 11.1. The highest BCUT2D eigenvalue weighted by molar-refractivity contribution is 5.15. The zero-order chi connectivity index (χ0) is 9.14. The molecule has 1 heterocycles. The van der Waals surface area contributed by atoms with Crippen molar-refractivity contribution >= 4 is 0 Å². The minimum Gasteiger partial charge on any atom is -0.493 e. The fraction of sp³-hybridized carbons (Fsp3) is 0.625. The molecule has 1 aromatic heterocycles. The van der Waals surface area contributed by atoms with E-state index in [9.17, 15) is 9.90 Å². The lowest BCUT2D eigenvalue weighted by molar-refractivity contribution is 0.405. The second-order valence-corrected chi connectivity index (χ2v) is 2.88. The van der Waals surface area contributed by atoms with Gasteiger partial charge in [0.15, 0.2) is 0 Å². The standard InChI is InChI=1S/C8H14N2O2/c1-3-4-5-10-7(11)6(2)9-8(10)12/h11H,3-5H2,1-2H3,(H,9,12). The van der Waals surface area contributed by atoms with Crippen LogP contribution in [0.15, 0.2) is 4.79 Å². The van der Waals surface area contributed by atoms with Crippen LogP contribution in [0.4, 0.5) is 0 Å². The van der Waals surface area contributed by atoms with Crippen LogP contribution in [0.3, 0.4) is 0 Å². The average molecular weight is 170 g/mol. The molecule has 68 valence electrons. The number of hydrogen-bond acceptors (Lipinski definition) is 2. The number of rotatable bonds is 3. The molecule has 0 aliphatic heterocycles. The third-order valence-electron chi connectivity index (χ3n) is 1.87. The molecular formula is C8H14N2O2. The fourth-order valence-corrected chi connectivity index (χ4v) is 1.11. The Bertz CT molecular complexity index is 311. The van der Waals surface area contributed by atoms with E-state index in [-0.39, 0.29) is 11.6 Å². The summed E-state index contributed by atoms with van der Waals surface area (Å²) < 4.78 is 1.36. The molecule has 4 nitrogen and oxygen atoms in total. The van der Waals surface area contributed by atoms with E-state index in [1.165, 1.54) is 4.57 Å². The summed E-state index contributed by atoms with van der Waals surface area (Å²) in [6.07, 6.45) is 1.92. The van der Waals surface area contributed by atoms with Crippen molar-refractivity contribution in [1.82, 2.24) is 9.55 Å². The van der Waals surface area contributed by atoms with E-state index in [0.717, 1.165) is 12.8 Å². The Hall–Kier alpha value is -1.19. The van der Waals surface area contributed by atoms with Crippen LogP contribution < -0.4 is 5.69 Å². The first kappa shape index (κ1) is 8.90. The van der Waals surface area contributed by atoms with Crippen LogP contribution >= 0.6 is 0 Å². The number of aryl methyl sites for hydroxylation is 1. The minimum atomic E-state index is -0.224. The molecule has 0 unspecified atom stereocenters. The van der Waals surface area contributed by atoms with Gasteiger partial charge in [0.05, 0.1) is 5.69 Å². The topological polar surface area (TPSA) is 58.0 Å². The van der Waals surface area contributed by atoms with Gasteiger partial charge in [0.1, 0.15) is 0 Å². The monoisotopic (exact) mass is 170 g/mol. The van der Waals surface area contributed by atoms with Crippen LogP contribution in [-0.2, 0) is 6.54 Å². The van der Waals surface area contributed by atoms with E-state index < -0.39 is 0 Å². The molecule has 2 N–H and O–H groups in total. The maximum atomic E-state index is 11.1. The highest BCUT2D eigenvalue weighted by Gasteiger charge is 2.07. The predicted octanol–water partition coefficient (Wildman–Crippen LogP) is 0.991. The summed E-state index contributed by atoms with van der Waals surface area (Å²) in [5.41, 5.74) is 0.314. The van der Waals surface area contributed by atoms with Crippen LogP contribution in [0.5, 0.6) is 5.88 Å². The summed E-state index contributed by atoms with van der Waals surface area (Å²) in [5.74, 6) is 0.0634. The molecule has 0 spiro atoms. The van der Waals surface area contributed by atoms with Crippen LogP contribution in [-0.4, -0.2) is 14.7 Å². The van der Waals surface area contributed by atoms with Crippen LogP contribution in [0.2, 0.25) is 0 Å². The smallest absolute Gasteiger partial charge is 0.328 e. The van der Waals surface area contributed by atoms with Gasteiger partial charge in [0, 0.05) is 6.54 Å². The van der Waals surface area contributed by atoms with E-state index in [1.807, 2.05) is 6.92 Å². The Labute approximate surface area is 70.9 Å². The molecule has 1 aromatic rings. The molecule has 0 amide bonds. The SMILES string of the molecule is CCCCn1c(O)c(C)[nH]c1=O. The molecule has 0 bridgehead atoms. The second kappa shape index (κ2) is 3.47. The normalized spacial score (nSPS) is 10.5. The summed E-state index contributed by atoms with van der Waals surface area (Å²) >= 11 is 0. The van der Waals surface area contributed by atoms with Gasteiger partial charge in [0.2, 0.25) is 5.88 Å². The molecule has 0 fully saturated rings. The Morgan fingerprint density at radius 2 is 2.25 bits per heavy atom. The third kappa shape index (κ3) is 1.52. The summed E-state index contributed by atoms with van der Waals surface area (Å²) in [5, 5.41) is 9.38. The molecule has 0 atom stereocenters. The molecular weight excluding hydrogens is 156 g/mol. The predicted molar refractivity (Wildman–Crippen MR) is 46.4 cm³/mol. The minimum absolute atomic E-state index is 0.0634. The van der Waals surface area contributed by atoms with E-state index in [0.29, 0.717) is 12.2 Å². The van der Waals surface area contributed by atoms with Crippen molar-refractivity contribution < 1.29 is 5.11 Å². The molecule has 0 aliphatic rings. The Morgan fingerprint density at radius 1 is 1.58 bits per heavy atom. The lowest BCUT2D eigenvalue weighted by Gasteiger charge is -2.00. The largest absolute Gasteiger partial charge is 0.493 e. The first-order valence-corrected chi connectivity index (χ1v) is 4.15. The number of unbranched alkanes of at least 4 members (excludes halogenated alkanes) is 1. The van der Waals surface area contributed by atoms with Gasteiger partial charge in [-0.25, -0.2) is 4.79 Å². The van der Waals surface area contributed by atoms with Crippen LogP contribution in [0, 0.1) is 6.92 Å². The summed E-state index contributed by atoms with van der Waals surface area (Å²) in [6, 6.07) is 0. The number of H-pyrrole nitrogens is 1. The van der Waals surface area contributed by atoms with Crippen molar-refractivity contribution in [3.05, 3.63) is 16.2 Å². The second-order valence-electron chi connectivity index (χ2n) is 2.88. The molecule has 0 saturated carbocycles. The molecule has 12 heavy (non-hydrogen) atoms. The fourth-order valence-electron chi connectivity index (χ4n) is 1.11. The van der Waals surface area contributed by atoms with Crippen molar-refractivity contribution in [2.24, 2.45) is 0 Å². The van der Waals surface area contributed by atoms with Crippen molar-refractivity contribution in [2.75, 3.05) is 0 Å². The van der Waals surface area contributed by atoms with Crippen molar-refractivity contribution in [2.45, 2.75) is 33.2 Å². The first-order chi connectivity index (χ1) is 5.66. The molecule has 4 heteroatoms. The van der Waals surface area contributed by atoms with Crippen molar-refractivity contribution in [3.8, 4) is 5.88 Å². The summed E-state index contributed by atoms with van der Waals surface area (Å²) in [4.78, 5) is 13.7. The van der Waals surface area contributed by atoms with Gasteiger partial charge < -0.3 is 10.1 Å². The number of nitrogens with zero attached hydrogens (tertiary/aromatic N) is 1. The average Bonchev–Trinajstić information content (AvgIpc) is 2.25. The quantitative estimate of drug-likeness (QED) is 0.710. The zero-order valence-electron chi connectivity index (χ0n) is 7.42. The Kier molecular flexibility index (Phi) is 2.58. The van der Waals surface area contributed by atoms with E-state index in [4.69, 9.17) is 0 Å². The highest BCUT2D eigenvalue weighted by atomic mass is 16.3. The van der Waals surface area contributed by atoms with Crippen molar-refractivity contribution in [1.29, 1.82) is 0 Å². The third-order valence-corrected chi connectivity index (χ3v) is 1.87. The lowest BCUT2D eigenvalue weighted by Crippen LogP contribution is -2.16. The first-order valence-electron chi connectivity index (χ1n) is 4.15. The number of imidazole rings is 1. The van der Waals surface area contributed by atoms with Crippen LogP contribution in [0.1, 0.15) is 25.5 Å². The Morgan fingerprint density at radius 3 is 2.67 bits per heavy atom. The van der Waals surface area contributed by atoms with Gasteiger partial charge in [0.25, 0.3) is 0 Å².